The minimum atomic E-state index is -0.405. The van der Waals surface area contributed by atoms with Crippen LogP contribution in [0.4, 0.5) is 4.39 Å². The molecule has 0 amide bonds. The molecule has 0 N–H and O–H groups in total. The summed E-state index contributed by atoms with van der Waals surface area (Å²) < 4.78 is 14.2. The van der Waals surface area contributed by atoms with E-state index in [1.54, 1.807) is 24.3 Å². The second kappa shape index (κ2) is 4.13. The molecule has 2 rings (SSSR count). The van der Waals surface area contributed by atoms with Gasteiger partial charge in [0.25, 0.3) is 0 Å². The molecule has 0 saturated heterocycles. The van der Waals surface area contributed by atoms with E-state index in [0.29, 0.717) is 21.7 Å². The Balaban J connectivity index is 2.49. The van der Waals surface area contributed by atoms with E-state index in [4.69, 9.17) is 11.6 Å². The van der Waals surface area contributed by atoms with Gasteiger partial charge in [0.1, 0.15) is 12.1 Å². The normalized spacial score (nSPS) is 10.3. The standard InChI is InChI=1S/C11H6ClFOS/c12-11-4-3-10(15-11)8-2-1-7(6-14)5-9(8)13/h1-6H. The fourth-order valence-electron chi connectivity index (χ4n) is 1.26. The van der Waals surface area contributed by atoms with Crippen molar-refractivity contribution < 1.29 is 9.18 Å². The van der Waals surface area contributed by atoms with Crippen LogP contribution >= 0.6 is 22.9 Å². The molecule has 0 aliphatic carbocycles. The molecule has 0 saturated carbocycles. The number of rotatable bonds is 2. The molecular formula is C11H6ClFOS. The molecule has 0 aliphatic heterocycles. The number of hydrogen-bond donors (Lipinski definition) is 0. The molecule has 0 bridgehead atoms. The quantitative estimate of drug-likeness (QED) is 0.725. The van der Waals surface area contributed by atoms with Gasteiger partial charge in [0, 0.05) is 16.0 Å². The summed E-state index contributed by atoms with van der Waals surface area (Å²) in [7, 11) is 0. The lowest BCUT2D eigenvalue weighted by atomic mass is 10.1. The zero-order valence-corrected chi connectivity index (χ0v) is 9.11. The van der Waals surface area contributed by atoms with Crippen molar-refractivity contribution in [2.75, 3.05) is 0 Å². The van der Waals surface area contributed by atoms with Gasteiger partial charge in [-0.25, -0.2) is 4.39 Å². The van der Waals surface area contributed by atoms with E-state index in [-0.39, 0.29) is 0 Å². The molecule has 1 aromatic carbocycles. The molecule has 0 unspecified atom stereocenters. The Morgan fingerprint density at radius 2 is 2.07 bits per heavy atom. The van der Waals surface area contributed by atoms with Crippen molar-refractivity contribution in [1.29, 1.82) is 0 Å². The Bertz CT molecular complexity index is 507. The predicted molar refractivity (Wildman–Crippen MR) is 60.1 cm³/mol. The van der Waals surface area contributed by atoms with Gasteiger partial charge in [-0.3, -0.25) is 4.79 Å². The SMILES string of the molecule is O=Cc1ccc(-c2ccc(Cl)s2)c(F)c1. The predicted octanol–water partition coefficient (Wildman–Crippen LogP) is 4.02. The maximum Gasteiger partial charge on any atom is 0.150 e. The average Bonchev–Trinajstić information content (AvgIpc) is 2.64. The first-order valence-electron chi connectivity index (χ1n) is 4.21. The zero-order chi connectivity index (χ0) is 10.8. The number of benzene rings is 1. The highest BCUT2D eigenvalue weighted by atomic mass is 35.5. The molecule has 1 heterocycles. The average molecular weight is 241 g/mol. The van der Waals surface area contributed by atoms with Gasteiger partial charge < -0.3 is 0 Å². The van der Waals surface area contributed by atoms with Gasteiger partial charge in [-0.2, -0.15) is 0 Å². The summed E-state index contributed by atoms with van der Waals surface area (Å²) in [6.45, 7) is 0. The van der Waals surface area contributed by atoms with Crippen LogP contribution in [0.15, 0.2) is 30.3 Å². The summed E-state index contributed by atoms with van der Waals surface area (Å²) in [5.74, 6) is -0.405. The van der Waals surface area contributed by atoms with Crippen LogP contribution in [0.1, 0.15) is 10.4 Å². The summed E-state index contributed by atoms with van der Waals surface area (Å²) in [6.07, 6.45) is 0.619. The fraction of sp³-hybridized carbons (Fsp3) is 0. The van der Waals surface area contributed by atoms with Gasteiger partial charge in [-0.05, 0) is 24.3 Å². The number of thiophene rings is 1. The molecule has 0 fully saturated rings. The number of halogens is 2. The van der Waals surface area contributed by atoms with Gasteiger partial charge in [0.2, 0.25) is 0 Å². The molecule has 0 atom stereocenters. The lowest BCUT2D eigenvalue weighted by Gasteiger charge is -1.99. The molecule has 0 spiro atoms. The molecule has 0 aliphatic rings. The topological polar surface area (TPSA) is 17.1 Å². The molecule has 1 aromatic heterocycles. The van der Waals surface area contributed by atoms with E-state index in [1.165, 1.54) is 17.4 Å². The first-order chi connectivity index (χ1) is 7.20. The van der Waals surface area contributed by atoms with Crippen molar-refractivity contribution in [2.24, 2.45) is 0 Å². The monoisotopic (exact) mass is 240 g/mol. The third-order valence-electron chi connectivity index (χ3n) is 1.97. The molecule has 2 aromatic rings. The van der Waals surface area contributed by atoms with Crippen LogP contribution in [0.3, 0.4) is 0 Å². The van der Waals surface area contributed by atoms with Crippen molar-refractivity contribution in [3.63, 3.8) is 0 Å². The number of aldehydes is 1. The highest BCUT2D eigenvalue weighted by Crippen LogP contribution is 2.32. The summed E-state index contributed by atoms with van der Waals surface area (Å²) in [5.41, 5.74) is 0.802. The van der Waals surface area contributed by atoms with E-state index in [2.05, 4.69) is 0 Å². The second-order valence-electron chi connectivity index (χ2n) is 2.96. The van der Waals surface area contributed by atoms with E-state index in [0.717, 1.165) is 4.88 Å². The smallest absolute Gasteiger partial charge is 0.150 e. The van der Waals surface area contributed by atoms with Gasteiger partial charge >= 0.3 is 0 Å². The van der Waals surface area contributed by atoms with Crippen LogP contribution in [0, 0.1) is 5.82 Å². The first kappa shape index (κ1) is 10.3. The van der Waals surface area contributed by atoms with Gasteiger partial charge in [0.05, 0.1) is 4.34 Å². The number of hydrogen-bond acceptors (Lipinski definition) is 2. The van der Waals surface area contributed by atoms with Crippen LogP contribution in [0.2, 0.25) is 4.34 Å². The highest BCUT2D eigenvalue weighted by molar-refractivity contribution is 7.19. The van der Waals surface area contributed by atoms with E-state index in [1.807, 2.05) is 0 Å². The minimum absolute atomic E-state index is 0.332. The molecule has 76 valence electrons. The summed E-state index contributed by atoms with van der Waals surface area (Å²) >= 11 is 7.07. The van der Waals surface area contributed by atoms with Gasteiger partial charge in [-0.15, -0.1) is 11.3 Å². The van der Waals surface area contributed by atoms with Gasteiger partial charge in [-0.1, -0.05) is 17.7 Å². The third kappa shape index (κ3) is 2.08. The molecular weight excluding hydrogens is 235 g/mol. The molecule has 4 heteroatoms. The summed E-state index contributed by atoms with van der Waals surface area (Å²) in [5, 5.41) is 0. The Labute approximate surface area is 95.1 Å². The second-order valence-corrected chi connectivity index (χ2v) is 4.68. The Morgan fingerprint density at radius 1 is 1.27 bits per heavy atom. The van der Waals surface area contributed by atoms with Crippen molar-refractivity contribution in [1.82, 2.24) is 0 Å². The Hall–Kier alpha value is -1.19. The van der Waals surface area contributed by atoms with Gasteiger partial charge in [0.15, 0.2) is 0 Å². The largest absolute Gasteiger partial charge is 0.298 e. The minimum Gasteiger partial charge on any atom is -0.298 e. The molecule has 15 heavy (non-hydrogen) atoms. The van der Waals surface area contributed by atoms with E-state index < -0.39 is 5.82 Å². The van der Waals surface area contributed by atoms with Crippen LogP contribution < -0.4 is 0 Å². The highest BCUT2D eigenvalue weighted by Gasteiger charge is 2.07. The number of carbonyl (C=O) groups is 1. The fourth-order valence-corrected chi connectivity index (χ4v) is 2.33. The van der Waals surface area contributed by atoms with Crippen molar-refractivity contribution in [2.45, 2.75) is 0 Å². The molecule has 0 radical (unpaired) electrons. The molecule has 1 nitrogen and oxygen atoms in total. The maximum atomic E-state index is 13.5. The Kier molecular flexibility index (Phi) is 2.84. The lowest BCUT2D eigenvalue weighted by Crippen LogP contribution is -1.85. The van der Waals surface area contributed by atoms with Crippen LogP contribution in [-0.4, -0.2) is 6.29 Å². The van der Waals surface area contributed by atoms with Crippen molar-refractivity contribution >= 4 is 29.2 Å². The van der Waals surface area contributed by atoms with E-state index in [9.17, 15) is 9.18 Å². The lowest BCUT2D eigenvalue weighted by molar-refractivity contribution is 0.112. The van der Waals surface area contributed by atoms with Crippen molar-refractivity contribution in [3.05, 3.63) is 46.0 Å². The number of carbonyl (C=O) groups excluding carboxylic acids is 1. The summed E-state index contributed by atoms with van der Waals surface area (Å²) in [6, 6.07) is 7.86. The third-order valence-corrected chi connectivity index (χ3v) is 3.23. The zero-order valence-electron chi connectivity index (χ0n) is 7.54. The Morgan fingerprint density at radius 3 is 2.60 bits per heavy atom. The van der Waals surface area contributed by atoms with Crippen LogP contribution in [-0.2, 0) is 0 Å². The van der Waals surface area contributed by atoms with Crippen molar-refractivity contribution in [3.8, 4) is 10.4 Å². The first-order valence-corrected chi connectivity index (χ1v) is 5.40. The van der Waals surface area contributed by atoms with Crippen LogP contribution in [0.5, 0.6) is 0 Å². The maximum absolute atomic E-state index is 13.5. The van der Waals surface area contributed by atoms with Crippen LogP contribution in [0.25, 0.3) is 10.4 Å². The van der Waals surface area contributed by atoms with E-state index >= 15 is 0 Å². The summed E-state index contributed by atoms with van der Waals surface area (Å²) in [4.78, 5) is 11.2.